The molecule has 2 saturated carbocycles. The fraction of sp³-hybridized carbons (Fsp3) is 0.250. The molecule has 0 bridgehead atoms. The molecule has 0 unspecified atom stereocenters. The zero-order chi connectivity index (χ0) is 25.4. The van der Waals surface area contributed by atoms with Crippen LogP contribution in [0.25, 0.3) is 11.4 Å². The van der Waals surface area contributed by atoms with Gasteiger partial charge in [-0.1, -0.05) is 0 Å². The van der Waals surface area contributed by atoms with Crippen molar-refractivity contribution < 1.29 is 28.6 Å². The number of nitrogens with zero attached hydrogens (tertiary/aromatic N) is 6. The zero-order valence-electron chi connectivity index (χ0n) is 18.8. The largest absolute Gasteiger partial charge is 0.477 e. The van der Waals surface area contributed by atoms with Gasteiger partial charge in [0.25, 0.3) is 0 Å². The Hall–Kier alpha value is -4.48. The molecule has 2 fully saturated rings. The summed E-state index contributed by atoms with van der Waals surface area (Å²) in [5.41, 5.74) is 1.77. The van der Waals surface area contributed by atoms with Gasteiger partial charge in [0.2, 0.25) is 0 Å². The number of halogens is 2. The lowest BCUT2D eigenvalue weighted by atomic mass is 10.3. The van der Waals surface area contributed by atoms with Crippen molar-refractivity contribution in [2.24, 2.45) is 0 Å². The summed E-state index contributed by atoms with van der Waals surface area (Å²) in [4.78, 5) is 37.0. The third-order valence-electron chi connectivity index (χ3n) is 5.86. The van der Waals surface area contributed by atoms with Crippen LogP contribution >= 0.6 is 0 Å². The Morgan fingerprint density at radius 2 is 1.11 bits per heavy atom. The van der Waals surface area contributed by atoms with E-state index < -0.39 is 23.6 Å². The standard InChI is InChI=1S/2C12H10FN3O2/c2*13-8-4-14-9(12(17)18)3-11(8)16-5-10(15-6-16)7-1-2-7/h2*3-7H,1-2H2,(H,17,18). The van der Waals surface area contributed by atoms with Crippen LogP contribution in [0.3, 0.4) is 0 Å². The molecule has 0 aromatic carbocycles. The number of aromatic nitrogens is 6. The Bertz CT molecular complexity index is 1350. The van der Waals surface area contributed by atoms with E-state index in [1.165, 1.54) is 33.9 Å². The first kappa shape index (κ1) is 23.3. The summed E-state index contributed by atoms with van der Waals surface area (Å²) in [6, 6.07) is 2.41. The second-order valence-corrected chi connectivity index (χ2v) is 8.61. The van der Waals surface area contributed by atoms with E-state index in [0.29, 0.717) is 11.8 Å². The van der Waals surface area contributed by atoms with E-state index in [0.717, 1.165) is 49.5 Å². The van der Waals surface area contributed by atoms with Crippen molar-refractivity contribution in [3.8, 4) is 11.4 Å². The Kier molecular flexibility index (Phi) is 6.00. The van der Waals surface area contributed by atoms with Crippen LogP contribution in [0.5, 0.6) is 0 Å². The van der Waals surface area contributed by atoms with Crippen molar-refractivity contribution in [2.45, 2.75) is 37.5 Å². The molecule has 2 aliphatic carbocycles. The molecule has 184 valence electrons. The highest BCUT2D eigenvalue weighted by atomic mass is 19.1. The molecule has 0 radical (unpaired) electrons. The third-order valence-corrected chi connectivity index (χ3v) is 5.86. The molecule has 0 spiro atoms. The van der Waals surface area contributed by atoms with Crippen molar-refractivity contribution in [1.82, 2.24) is 29.1 Å². The van der Waals surface area contributed by atoms with E-state index in [4.69, 9.17) is 10.2 Å². The van der Waals surface area contributed by atoms with Gasteiger partial charge in [-0.25, -0.2) is 38.3 Å². The van der Waals surface area contributed by atoms with Crippen molar-refractivity contribution in [3.05, 3.63) is 84.0 Å². The molecule has 0 atom stereocenters. The van der Waals surface area contributed by atoms with E-state index in [1.807, 2.05) is 0 Å². The predicted octanol–water partition coefficient (Wildman–Crippen LogP) is 3.96. The summed E-state index contributed by atoms with van der Waals surface area (Å²) in [5, 5.41) is 17.7. The zero-order valence-corrected chi connectivity index (χ0v) is 18.8. The SMILES string of the molecule is O=C(O)c1cc(-n2cnc(C3CC3)c2)c(F)cn1.O=C(O)c1cc(-n2cnc(C3CC3)c2)c(F)cn1. The highest BCUT2D eigenvalue weighted by Crippen LogP contribution is 2.39. The second kappa shape index (κ2) is 9.29. The number of imidazole rings is 2. The van der Waals surface area contributed by atoms with Gasteiger partial charge in [-0.15, -0.1) is 0 Å². The van der Waals surface area contributed by atoms with Crippen LogP contribution in [-0.4, -0.2) is 51.2 Å². The Morgan fingerprint density at radius 1 is 0.722 bits per heavy atom. The van der Waals surface area contributed by atoms with Crippen LogP contribution in [0.15, 0.2) is 49.6 Å². The summed E-state index contributed by atoms with van der Waals surface area (Å²) >= 11 is 0. The maximum absolute atomic E-state index is 13.6. The maximum atomic E-state index is 13.6. The smallest absolute Gasteiger partial charge is 0.354 e. The number of carboxylic acids is 2. The van der Waals surface area contributed by atoms with Crippen LogP contribution in [0, 0.1) is 11.6 Å². The van der Waals surface area contributed by atoms with Crippen LogP contribution in [0.2, 0.25) is 0 Å². The van der Waals surface area contributed by atoms with Crippen molar-refractivity contribution in [1.29, 1.82) is 0 Å². The fourth-order valence-electron chi connectivity index (χ4n) is 3.61. The summed E-state index contributed by atoms with van der Waals surface area (Å²) < 4.78 is 30.3. The highest BCUT2D eigenvalue weighted by molar-refractivity contribution is 5.86. The topological polar surface area (TPSA) is 136 Å². The first-order valence-corrected chi connectivity index (χ1v) is 11.2. The predicted molar refractivity (Wildman–Crippen MR) is 121 cm³/mol. The number of hydrogen-bond donors (Lipinski definition) is 2. The van der Waals surface area contributed by atoms with Crippen molar-refractivity contribution in [3.63, 3.8) is 0 Å². The minimum Gasteiger partial charge on any atom is -0.477 e. The van der Waals surface area contributed by atoms with Gasteiger partial charge in [0.15, 0.2) is 11.6 Å². The third kappa shape index (κ3) is 4.97. The maximum Gasteiger partial charge on any atom is 0.354 e. The summed E-state index contributed by atoms with van der Waals surface area (Å²) in [5.74, 6) is -2.57. The molecular formula is C24H20F2N6O4. The van der Waals surface area contributed by atoms with E-state index in [-0.39, 0.29) is 22.8 Å². The molecule has 4 aromatic heterocycles. The first-order chi connectivity index (χ1) is 17.3. The number of pyridine rings is 2. The van der Waals surface area contributed by atoms with E-state index >= 15 is 0 Å². The first-order valence-electron chi connectivity index (χ1n) is 11.2. The van der Waals surface area contributed by atoms with Crippen molar-refractivity contribution >= 4 is 11.9 Å². The van der Waals surface area contributed by atoms with E-state index in [9.17, 15) is 18.4 Å². The monoisotopic (exact) mass is 494 g/mol. The normalized spacial score (nSPS) is 14.7. The lowest BCUT2D eigenvalue weighted by Gasteiger charge is -2.04. The molecule has 12 heteroatoms. The molecule has 2 aliphatic rings. The molecular weight excluding hydrogens is 474 g/mol. The molecule has 4 aromatic rings. The van der Waals surface area contributed by atoms with Gasteiger partial charge in [-0.2, -0.15) is 0 Å². The van der Waals surface area contributed by atoms with Gasteiger partial charge in [0.1, 0.15) is 11.4 Å². The summed E-state index contributed by atoms with van der Waals surface area (Å²) in [6.07, 6.45) is 12.7. The van der Waals surface area contributed by atoms with Gasteiger partial charge in [0.05, 0.1) is 47.8 Å². The lowest BCUT2D eigenvalue weighted by Crippen LogP contribution is -2.04. The quantitative estimate of drug-likeness (QED) is 0.411. The summed E-state index contributed by atoms with van der Waals surface area (Å²) in [7, 11) is 0. The second-order valence-electron chi connectivity index (χ2n) is 8.61. The minimum absolute atomic E-state index is 0.154. The van der Waals surface area contributed by atoms with Crippen LogP contribution < -0.4 is 0 Å². The molecule has 2 N–H and O–H groups in total. The lowest BCUT2D eigenvalue weighted by molar-refractivity contribution is 0.0679. The molecule has 36 heavy (non-hydrogen) atoms. The molecule has 4 heterocycles. The van der Waals surface area contributed by atoms with Crippen LogP contribution in [0.4, 0.5) is 8.78 Å². The van der Waals surface area contributed by atoms with Crippen molar-refractivity contribution in [2.75, 3.05) is 0 Å². The van der Waals surface area contributed by atoms with E-state index in [2.05, 4.69) is 19.9 Å². The Labute approximate surface area is 202 Å². The molecule has 0 amide bonds. The Morgan fingerprint density at radius 3 is 1.44 bits per heavy atom. The number of hydrogen-bond acceptors (Lipinski definition) is 6. The average molecular weight is 494 g/mol. The van der Waals surface area contributed by atoms with E-state index in [1.54, 1.807) is 12.4 Å². The summed E-state index contributed by atoms with van der Waals surface area (Å²) in [6.45, 7) is 0. The van der Waals surface area contributed by atoms with Gasteiger partial charge in [-0.05, 0) is 37.8 Å². The van der Waals surface area contributed by atoms with Gasteiger partial charge in [-0.3, -0.25) is 0 Å². The molecule has 10 nitrogen and oxygen atoms in total. The van der Waals surface area contributed by atoms with Crippen LogP contribution in [-0.2, 0) is 0 Å². The molecule has 6 rings (SSSR count). The van der Waals surface area contributed by atoms with Gasteiger partial charge < -0.3 is 19.3 Å². The highest BCUT2D eigenvalue weighted by Gasteiger charge is 2.27. The fourth-order valence-corrected chi connectivity index (χ4v) is 3.61. The van der Waals surface area contributed by atoms with Crippen LogP contribution in [0.1, 0.15) is 69.9 Å². The number of carboxylic acid groups (broad SMARTS) is 2. The van der Waals surface area contributed by atoms with Gasteiger partial charge in [0, 0.05) is 24.2 Å². The Balaban J connectivity index is 0.000000148. The number of aromatic carboxylic acids is 2. The number of rotatable bonds is 6. The molecule has 0 saturated heterocycles. The average Bonchev–Trinajstić information content (AvgIpc) is 3.79. The van der Waals surface area contributed by atoms with Gasteiger partial charge >= 0.3 is 11.9 Å². The molecule has 0 aliphatic heterocycles. The number of carbonyl (C=O) groups is 2. The minimum atomic E-state index is -1.18.